The molecule has 0 N–H and O–H groups in total. The number of hydrogen-bond donors (Lipinski definition) is 0. The van der Waals surface area contributed by atoms with E-state index in [1.165, 1.54) is 5.56 Å². The van der Waals surface area contributed by atoms with Gasteiger partial charge >= 0.3 is 0 Å². The molecule has 0 aliphatic carbocycles. The van der Waals surface area contributed by atoms with Crippen LogP contribution in [0.4, 0.5) is 5.69 Å². The normalized spacial score (nSPS) is 12.5. The molecule has 18 heavy (non-hydrogen) atoms. The first-order chi connectivity index (χ1) is 8.83. The first-order valence-electron chi connectivity index (χ1n) is 5.70. The molecule has 0 bridgehead atoms. The maximum Gasteiger partial charge on any atom is 0.231 e. The highest BCUT2D eigenvalue weighted by molar-refractivity contribution is 14.1. The molecule has 0 fully saturated rings. The fourth-order valence-electron chi connectivity index (χ4n) is 1.87. The lowest BCUT2D eigenvalue weighted by Crippen LogP contribution is -2.08. The van der Waals surface area contributed by atoms with E-state index in [1.807, 2.05) is 24.3 Å². The number of fused-ring (bicyclic) bond motifs is 1. The smallest absolute Gasteiger partial charge is 0.231 e. The minimum Gasteiger partial charge on any atom is -0.454 e. The van der Waals surface area contributed by atoms with Gasteiger partial charge in [-0.3, -0.25) is 0 Å². The van der Waals surface area contributed by atoms with Crippen LogP contribution in [0.15, 0.2) is 48.5 Å². The summed E-state index contributed by atoms with van der Waals surface area (Å²) in [4.78, 5) is 0. The lowest BCUT2D eigenvalue weighted by Gasteiger charge is -2.17. The van der Waals surface area contributed by atoms with Gasteiger partial charge in [0.1, 0.15) is 0 Å². The second-order valence-electron chi connectivity index (χ2n) is 4.04. The van der Waals surface area contributed by atoms with Gasteiger partial charge in [0.2, 0.25) is 6.79 Å². The Morgan fingerprint density at radius 3 is 2.61 bits per heavy atom. The van der Waals surface area contributed by atoms with E-state index in [0.29, 0.717) is 6.79 Å². The molecular formula is C14H12INO2. The molecule has 0 saturated carbocycles. The molecule has 3 rings (SSSR count). The summed E-state index contributed by atoms with van der Waals surface area (Å²) < 4.78 is 12.9. The number of anilines is 1. The van der Waals surface area contributed by atoms with Crippen LogP contribution in [0.5, 0.6) is 11.5 Å². The molecule has 92 valence electrons. The molecule has 0 spiro atoms. The van der Waals surface area contributed by atoms with Crippen molar-refractivity contribution >= 4 is 28.6 Å². The van der Waals surface area contributed by atoms with Crippen LogP contribution in [0.3, 0.4) is 0 Å². The summed E-state index contributed by atoms with van der Waals surface area (Å²) in [5.41, 5.74) is 2.40. The van der Waals surface area contributed by atoms with Crippen molar-refractivity contribution in [2.24, 2.45) is 0 Å². The van der Waals surface area contributed by atoms with Gasteiger partial charge in [-0.2, -0.15) is 0 Å². The van der Waals surface area contributed by atoms with Gasteiger partial charge in [-0.15, -0.1) is 0 Å². The molecule has 3 nitrogen and oxygen atoms in total. The zero-order valence-corrected chi connectivity index (χ0v) is 11.8. The van der Waals surface area contributed by atoms with Crippen molar-refractivity contribution in [2.75, 3.05) is 9.91 Å². The lowest BCUT2D eigenvalue weighted by molar-refractivity contribution is 0.174. The number of rotatable bonds is 3. The fourth-order valence-corrected chi connectivity index (χ4v) is 2.57. The van der Waals surface area contributed by atoms with E-state index in [9.17, 15) is 0 Å². The molecule has 0 radical (unpaired) electrons. The summed E-state index contributed by atoms with van der Waals surface area (Å²) in [7, 11) is 0. The highest BCUT2D eigenvalue weighted by Gasteiger charge is 2.15. The van der Waals surface area contributed by atoms with E-state index in [4.69, 9.17) is 9.47 Å². The summed E-state index contributed by atoms with van der Waals surface area (Å²) in [5, 5.41) is 0. The van der Waals surface area contributed by atoms with E-state index >= 15 is 0 Å². The largest absolute Gasteiger partial charge is 0.454 e. The van der Waals surface area contributed by atoms with Crippen LogP contribution in [0.1, 0.15) is 5.56 Å². The van der Waals surface area contributed by atoms with Crippen LogP contribution >= 0.6 is 22.9 Å². The quantitative estimate of drug-likeness (QED) is 0.619. The number of hydrogen-bond acceptors (Lipinski definition) is 3. The number of benzene rings is 2. The molecule has 1 aliphatic heterocycles. The SMILES string of the molecule is IN(Cc1ccccc1)c1ccc2c(c1)OCO2. The summed E-state index contributed by atoms with van der Waals surface area (Å²) >= 11 is 2.31. The number of halogens is 1. The molecule has 0 atom stereocenters. The second-order valence-corrected chi connectivity index (χ2v) is 5.21. The zero-order valence-electron chi connectivity index (χ0n) is 9.67. The maximum absolute atomic E-state index is 5.39. The molecule has 0 amide bonds. The topological polar surface area (TPSA) is 21.7 Å². The Balaban J connectivity index is 1.78. The highest BCUT2D eigenvalue weighted by atomic mass is 127. The minimum atomic E-state index is 0.318. The Kier molecular flexibility index (Phi) is 3.27. The van der Waals surface area contributed by atoms with Gasteiger partial charge in [0, 0.05) is 6.07 Å². The summed E-state index contributed by atoms with van der Waals surface area (Å²) in [6, 6.07) is 16.4. The van der Waals surface area contributed by atoms with E-state index in [0.717, 1.165) is 23.7 Å². The third kappa shape index (κ3) is 2.38. The molecule has 0 saturated heterocycles. The lowest BCUT2D eigenvalue weighted by atomic mass is 10.2. The van der Waals surface area contributed by atoms with Crippen LogP contribution in [-0.4, -0.2) is 6.79 Å². The van der Waals surface area contributed by atoms with Crippen molar-refractivity contribution in [2.45, 2.75) is 6.54 Å². The van der Waals surface area contributed by atoms with Gasteiger partial charge in [0.05, 0.1) is 35.1 Å². The summed E-state index contributed by atoms with van der Waals surface area (Å²) in [5.74, 6) is 1.64. The van der Waals surface area contributed by atoms with Gasteiger partial charge in [0.25, 0.3) is 0 Å². The standard InChI is InChI=1S/C14H12INO2/c15-16(9-11-4-2-1-3-5-11)12-6-7-13-14(8-12)18-10-17-13/h1-8H,9-10H2. The van der Waals surface area contributed by atoms with Crippen molar-refractivity contribution in [1.82, 2.24) is 0 Å². The van der Waals surface area contributed by atoms with Gasteiger partial charge < -0.3 is 12.6 Å². The Bertz CT molecular complexity index is 545. The Hall–Kier alpha value is -1.43. The second kappa shape index (κ2) is 5.06. The zero-order chi connectivity index (χ0) is 12.4. The molecule has 1 heterocycles. The average Bonchev–Trinajstić information content (AvgIpc) is 2.87. The van der Waals surface area contributed by atoms with Crippen LogP contribution in [0.2, 0.25) is 0 Å². The average molecular weight is 353 g/mol. The third-order valence-corrected chi connectivity index (χ3v) is 3.70. The first kappa shape index (κ1) is 11.6. The maximum atomic E-state index is 5.39. The fraction of sp³-hybridized carbons (Fsp3) is 0.143. The first-order valence-corrected chi connectivity index (χ1v) is 6.66. The number of ether oxygens (including phenoxy) is 2. The van der Waals surface area contributed by atoms with Gasteiger partial charge in [-0.25, -0.2) is 0 Å². The predicted octanol–water partition coefficient (Wildman–Crippen LogP) is 3.77. The number of nitrogens with zero attached hydrogens (tertiary/aromatic N) is 1. The Labute approximate surface area is 120 Å². The monoisotopic (exact) mass is 353 g/mol. The summed E-state index contributed by atoms with van der Waals surface area (Å²) in [6.07, 6.45) is 0. The molecule has 2 aromatic carbocycles. The van der Waals surface area contributed by atoms with Crippen molar-refractivity contribution in [1.29, 1.82) is 0 Å². The van der Waals surface area contributed by atoms with Crippen molar-refractivity contribution in [3.8, 4) is 11.5 Å². The van der Waals surface area contributed by atoms with Gasteiger partial charge in [-0.1, -0.05) is 30.3 Å². The minimum absolute atomic E-state index is 0.318. The van der Waals surface area contributed by atoms with E-state index in [1.54, 1.807) is 0 Å². The van der Waals surface area contributed by atoms with Crippen molar-refractivity contribution in [3.05, 3.63) is 54.1 Å². The van der Waals surface area contributed by atoms with Gasteiger partial charge in [0.15, 0.2) is 11.5 Å². The molecule has 0 aromatic heterocycles. The van der Waals surface area contributed by atoms with E-state index in [2.05, 4.69) is 50.2 Å². The molecule has 0 unspecified atom stereocenters. The van der Waals surface area contributed by atoms with Crippen molar-refractivity contribution < 1.29 is 9.47 Å². The van der Waals surface area contributed by atoms with Crippen LogP contribution in [0.25, 0.3) is 0 Å². The van der Waals surface area contributed by atoms with Gasteiger partial charge in [-0.05, 0) is 17.7 Å². The van der Waals surface area contributed by atoms with E-state index < -0.39 is 0 Å². The highest BCUT2D eigenvalue weighted by Crippen LogP contribution is 2.36. The molecule has 2 aromatic rings. The van der Waals surface area contributed by atoms with E-state index in [-0.39, 0.29) is 0 Å². The van der Waals surface area contributed by atoms with Crippen LogP contribution < -0.4 is 12.6 Å². The molecule has 1 aliphatic rings. The predicted molar refractivity (Wildman–Crippen MR) is 79.2 cm³/mol. The Morgan fingerprint density at radius 2 is 1.78 bits per heavy atom. The third-order valence-electron chi connectivity index (χ3n) is 2.80. The molecular weight excluding hydrogens is 341 g/mol. The molecule has 4 heteroatoms. The van der Waals surface area contributed by atoms with Crippen LogP contribution in [-0.2, 0) is 6.54 Å². The van der Waals surface area contributed by atoms with Crippen LogP contribution in [0, 0.1) is 0 Å². The van der Waals surface area contributed by atoms with Crippen molar-refractivity contribution in [3.63, 3.8) is 0 Å². The Morgan fingerprint density at radius 1 is 1.00 bits per heavy atom. The summed E-state index contributed by atoms with van der Waals surface area (Å²) in [6.45, 7) is 1.18.